The Morgan fingerprint density at radius 1 is 1.33 bits per heavy atom. The average molecular weight is 208 g/mol. The van der Waals surface area contributed by atoms with Crippen LogP contribution in [0, 0.1) is 0 Å². The first kappa shape index (κ1) is 3.63. The van der Waals surface area contributed by atoms with Gasteiger partial charge in [-0.15, -0.1) is 0 Å². The molecular weight excluding hydrogens is 186 g/mol. The van der Waals surface area contributed by atoms with E-state index < -0.39 is 65.6 Å². The molecule has 0 aliphatic carbocycles. The topological polar surface area (TPSA) is 22.0 Å². The fourth-order valence-electron chi connectivity index (χ4n) is 1.05. The van der Waals surface area contributed by atoms with E-state index in [1.54, 1.807) is 0 Å². The molecule has 0 radical (unpaired) electrons. The van der Waals surface area contributed by atoms with Crippen LogP contribution in [0.2, 0.25) is 0 Å². The van der Waals surface area contributed by atoms with E-state index in [1.165, 1.54) is 0 Å². The van der Waals surface area contributed by atoms with E-state index in [0.29, 0.717) is 4.57 Å². The van der Waals surface area contributed by atoms with Crippen molar-refractivity contribution in [3.63, 3.8) is 0 Å². The number of rotatable bonds is 2. The molecule has 0 bridgehead atoms. The van der Waals surface area contributed by atoms with Gasteiger partial charge in [0.05, 0.1) is 9.60 Å². The quantitative estimate of drug-likeness (QED) is 0.742. The van der Waals surface area contributed by atoms with Gasteiger partial charge in [-0.3, -0.25) is 9.36 Å². The van der Waals surface area contributed by atoms with Crippen LogP contribution in [0.25, 0.3) is 5.69 Å². The van der Waals surface area contributed by atoms with Crippen LogP contribution < -0.4 is 5.56 Å². The molecule has 1 aromatic heterocycles. The van der Waals surface area contributed by atoms with E-state index in [0.717, 1.165) is 13.0 Å². The van der Waals surface area contributed by atoms with E-state index in [1.807, 2.05) is 0 Å². The Morgan fingerprint density at radius 3 is 2.73 bits per heavy atom. The fourth-order valence-corrected chi connectivity index (χ4v) is 1.05. The van der Waals surface area contributed by atoms with Crippen molar-refractivity contribution in [2.75, 3.05) is 0 Å². The van der Waals surface area contributed by atoms with Gasteiger partial charge in [-0.05, 0) is 24.0 Å². The number of para-hydroxylation sites is 1. The van der Waals surface area contributed by atoms with Gasteiger partial charge in [0.15, 0.2) is 0 Å². The summed E-state index contributed by atoms with van der Waals surface area (Å²) in [5.74, 6) is 0. The van der Waals surface area contributed by atoms with E-state index in [9.17, 15) is 4.79 Å². The lowest BCUT2D eigenvalue weighted by Crippen LogP contribution is -2.16. The van der Waals surface area contributed by atoms with Crippen LogP contribution in [0.1, 0.15) is 24.8 Å². The highest BCUT2D eigenvalue weighted by atomic mass is 16.1. The van der Waals surface area contributed by atoms with Crippen molar-refractivity contribution in [3.8, 4) is 5.69 Å². The van der Waals surface area contributed by atoms with Crippen molar-refractivity contribution < 1.29 is 12.3 Å². The van der Waals surface area contributed by atoms with Crippen LogP contribution in [-0.4, -0.2) is 4.57 Å². The molecule has 2 heteroatoms. The monoisotopic (exact) mass is 208 g/mol. The summed E-state index contributed by atoms with van der Waals surface area (Å²) < 4.78 is 70.4. The zero-order chi connectivity index (χ0) is 18.6. The molecule has 15 heavy (non-hydrogen) atoms. The number of hydrogen-bond donors (Lipinski definition) is 0. The lowest BCUT2D eigenvalue weighted by molar-refractivity contribution is 0.953. The van der Waals surface area contributed by atoms with Crippen LogP contribution in [0.3, 0.4) is 0 Å². The molecule has 0 fully saturated rings. The lowest BCUT2D eigenvalue weighted by Gasteiger charge is -2.06. The predicted molar refractivity (Wildman–Crippen MR) is 61.4 cm³/mol. The number of pyridine rings is 1. The van der Waals surface area contributed by atoms with Crippen molar-refractivity contribution >= 4 is 0 Å². The van der Waals surface area contributed by atoms with Crippen LogP contribution in [0.4, 0.5) is 0 Å². The van der Waals surface area contributed by atoms with E-state index in [4.69, 9.17) is 12.3 Å². The minimum atomic E-state index is -2.13. The second-order valence-electron chi connectivity index (χ2n) is 2.67. The van der Waals surface area contributed by atoms with Gasteiger partial charge in [0.1, 0.15) is 0 Å². The minimum Gasteiger partial charge on any atom is -0.284 e. The van der Waals surface area contributed by atoms with Crippen molar-refractivity contribution in [1.29, 1.82) is 0 Å². The molecule has 0 aliphatic rings. The first-order valence-electron chi connectivity index (χ1n) is 8.70. The largest absolute Gasteiger partial charge is 0.284 e. The minimum absolute atomic E-state index is 0.408. The summed E-state index contributed by atoms with van der Waals surface area (Å²) in [5, 5.41) is 0. The number of benzene rings is 1. The molecule has 0 unspecified atom stereocenters. The molecule has 2 rings (SSSR count). The third-order valence-corrected chi connectivity index (χ3v) is 1.74. The van der Waals surface area contributed by atoms with Crippen LogP contribution >= 0.6 is 0 Å². The highest BCUT2D eigenvalue weighted by molar-refractivity contribution is 5.32. The molecule has 1 heterocycles. The summed E-state index contributed by atoms with van der Waals surface area (Å²) in [6.45, 7) is 1.11. The lowest BCUT2D eigenvalue weighted by atomic mass is 10.2. The van der Waals surface area contributed by atoms with Crippen molar-refractivity contribution in [2.45, 2.75) is 13.3 Å². The number of aromatic nitrogens is 1. The van der Waals surface area contributed by atoms with Gasteiger partial charge in [-0.25, -0.2) is 0 Å². The molecule has 0 aliphatic heterocycles. The Labute approximate surface area is 101 Å². The molecule has 1 aromatic carbocycles. The second-order valence-corrected chi connectivity index (χ2v) is 2.67. The first-order chi connectivity index (χ1) is 10.9. The molecule has 0 amide bonds. The molecular formula is C13H13NO. The standard InChI is InChI=1S/C13H13NO/c1-2-11-8-9-13(15)14(10-11)12-6-4-3-5-7-12/h3-10H,2H2,1H3/i2D2,3D,4D,5D,6D,7D,8D,10D. The zero-order valence-electron chi connectivity index (χ0n) is 16.9. The third kappa shape index (κ3) is 1.99. The maximum atomic E-state index is 12.2. The molecule has 76 valence electrons. The van der Waals surface area contributed by atoms with Gasteiger partial charge in [-0.1, -0.05) is 31.1 Å². The average Bonchev–Trinajstić information content (AvgIpc) is 2.44. The summed E-state index contributed by atoms with van der Waals surface area (Å²) in [5.41, 5.74) is -1.90. The van der Waals surface area contributed by atoms with Crippen molar-refractivity contribution in [3.05, 3.63) is 64.4 Å². The van der Waals surface area contributed by atoms with Gasteiger partial charge >= 0.3 is 0 Å². The molecule has 0 saturated heterocycles. The Morgan fingerprint density at radius 2 is 2.07 bits per heavy atom. The summed E-state index contributed by atoms with van der Waals surface area (Å²) >= 11 is 0. The molecule has 2 aromatic rings. The SMILES string of the molecule is [2H]c1cc(=O)n(-c2c([2H])c([2H])c([2H])c([2H])c2[2H])c([2H])c1C([2H])([2H])C. The van der Waals surface area contributed by atoms with Gasteiger partial charge in [0, 0.05) is 20.7 Å². The highest BCUT2D eigenvalue weighted by Gasteiger charge is 1.99. The smallest absolute Gasteiger partial charge is 0.255 e. The first-order valence-corrected chi connectivity index (χ1v) is 4.20. The van der Waals surface area contributed by atoms with E-state index in [2.05, 4.69) is 0 Å². The Kier molecular flexibility index (Phi) is 1.00. The maximum absolute atomic E-state index is 12.2. The molecule has 2 nitrogen and oxygen atoms in total. The summed E-state index contributed by atoms with van der Waals surface area (Å²) in [7, 11) is 0. The fraction of sp³-hybridized carbons (Fsp3) is 0.154. The van der Waals surface area contributed by atoms with Crippen molar-refractivity contribution in [1.82, 2.24) is 4.57 Å². The molecule has 0 atom stereocenters. The molecule has 0 N–H and O–H groups in total. The van der Waals surface area contributed by atoms with Crippen LogP contribution in [0.5, 0.6) is 0 Å². The summed E-state index contributed by atoms with van der Waals surface area (Å²) in [6, 6.07) is -3.08. The Hall–Kier alpha value is -1.83. The van der Waals surface area contributed by atoms with E-state index in [-0.39, 0.29) is 0 Å². The van der Waals surface area contributed by atoms with Gasteiger partial charge in [0.2, 0.25) is 0 Å². The van der Waals surface area contributed by atoms with Gasteiger partial charge < -0.3 is 0 Å². The zero-order valence-corrected chi connectivity index (χ0v) is 7.93. The number of nitrogens with zero attached hydrogens (tertiary/aromatic N) is 1. The van der Waals surface area contributed by atoms with Gasteiger partial charge in [-0.2, -0.15) is 0 Å². The Bertz CT molecular complexity index is 869. The Balaban J connectivity index is 3.03. The molecule has 0 saturated carbocycles. The summed E-state index contributed by atoms with van der Waals surface area (Å²) in [4.78, 5) is 12.2. The second kappa shape index (κ2) is 4.13. The third-order valence-electron chi connectivity index (χ3n) is 1.74. The number of hydrogen-bond acceptors (Lipinski definition) is 1. The normalized spacial score (nSPS) is 19.7. The van der Waals surface area contributed by atoms with Crippen LogP contribution in [0.15, 0.2) is 53.3 Å². The molecule has 0 spiro atoms. The van der Waals surface area contributed by atoms with E-state index >= 15 is 0 Å². The summed E-state index contributed by atoms with van der Waals surface area (Å²) in [6.07, 6.45) is -2.85. The maximum Gasteiger partial charge on any atom is 0.255 e. The van der Waals surface area contributed by atoms with Gasteiger partial charge in [0.25, 0.3) is 5.56 Å². The van der Waals surface area contributed by atoms with Crippen molar-refractivity contribution in [2.24, 2.45) is 0 Å². The highest BCUT2D eigenvalue weighted by Crippen LogP contribution is 2.05. The van der Waals surface area contributed by atoms with Crippen LogP contribution in [-0.2, 0) is 6.37 Å². The predicted octanol–water partition coefficient (Wildman–Crippen LogP) is 2.40.